The second-order valence-electron chi connectivity index (χ2n) is 7.57. The van der Waals surface area contributed by atoms with Gasteiger partial charge < -0.3 is 9.74 Å². The summed E-state index contributed by atoms with van der Waals surface area (Å²) in [6.07, 6.45) is 0. The van der Waals surface area contributed by atoms with E-state index in [0.717, 1.165) is 23.7 Å². The Kier molecular flexibility index (Phi) is 7.12. The van der Waals surface area contributed by atoms with Gasteiger partial charge in [0.05, 0.1) is 16.6 Å². The average Bonchev–Trinajstić information content (AvgIpc) is 3.36. The number of oxime groups is 1. The van der Waals surface area contributed by atoms with Crippen molar-refractivity contribution in [3.05, 3.63) is 94.2 Å². The van der Waals surface area contributed by atoms with Crippen LogP contribution in [0, 0.1) is 0 Å². The van der Waals surface area contributed by atoms with E-state index in [1.165, 1.54) is 11.1 Å². The molecule has 0 spiro atoms. The molecule has 31 heavy (non-hydrogen) atoms. The third-order valence-corrected chi connectivity index (χ3v) is 6.51. The molecule has 1 fully saturated rings. The lowest BCUT2D eigenvalue weighted by Crippen LogP contribution is -2.50. The number of nitrogens with zero attached hydrogens (tertiary/aromatic N) is 3. The number of carbonyl (C=O) groups is 1. The van der Waals surface area contributed by atoms with Gasteiger partial charge in [-0.25, -0.2) is 0 Å². The fourth-order valence-electron chi connectivity index (χ4n) is 3.92. The van der Waals surface area contributed by atoms with E-state index in [9.17, 15) is 4.79 Å². The number of rotatable bonds is 7. The van der Waals surface area contributed by atoms with Crippen molar-refractivity contribution in [2.75, 3.05) is 32.8 Å². The van der Waals surface area contributed by atoms with Crippen molar-refractivity contribution >= 4 is 23.0 Å². The highest BCUT2D eigenvalue weighted by Crippen LogP contribution is 2.29. The molecule has 1 aliphatic rings. The Morgan fingerprint density at radius 3 is 2.10 bits per heavy atom. The van der Waals surface area contributed by atoms with E-state index in [1.807, 2.05) is 41.5 Å². The molecule has 1 amide bonds. The minimum atomic E-state index is -0.0243. The number of amides is 1. The Balaban J connectivity index is 1.35. The summed E-state index contributed by atoms with van der Waals surface area (Å²) in [7, 11) is 0. The summed E-state index contributed by atoms with van der Waals surface area (Å²) >= 11 is 1.61. The van der Waals surface area contributed by atoms with Gasteiger partial charge in [-0.3, -0.25) is 9.69 Å². The molecule has 1 aromatic heterocycles. The summed E-state index contributed by atoms with van der Waals surface area (Å²) in [6, 6.07) is 25.3. The van der Waals surface area contributed by atoms with E-state index in [1.54, 1.807) is 11.3 Å². The van der Waals surface area contributed by atoms with Crippen molar-refractivity contribution in [1.29, 1.82) is 0 Å². The molecule has 4 rings (SSSR count). The van der Waals surface area contributed by atoms with Crippen molar-refractivity contribution in [3.8, 4) is 0 Å². The van der Waals surface area contributed by atoms with E-state index >= 15 is 0 Å². The maximum absolute atomic E-state index is 12.6. The summed E-state index contributed by atoms with van der Waals surface area (Å²) in [6.45, 7) is 4.87. The molecule has 1 saturated heterocycles. The normalized spacial score (nSPS) is 15.3. The van der Waals surface area contributed by atoms with Crippen molar-refractivity contribution in [2.24, 2.45) is 5.16 Å². The molecule has 5 nitrogen and oxygen atoms in total. The molecule has 0 radical (unpaired) electrons. The summed E-state index contributed by atoms with van der Waals surface area (Å²) in [4.78, 5) is 23.3. The molecule has 1 aliphatic heterocycles. The largest absolute Gasteiger partial charge is 0.385 e. The number of carbonyl (C=O) groups excluding carboxylic acids is 1. The first kappa shape index (κ1) is 21.3. The lowest BCUT2D eigenvalue weighted by molar-refractivity contribution is -0.138. The van der Waals surface area contributed by atoms with Gasteiger partial charge in [-0.2, -0.15) is 0 Å². The van der Waals surface area contributed by atoms with Crippen LogP contribution in [-0.4, -0.2) is 54.2 Å². The second-order valence-corrected chi connectivity index (χ2v) is 8.52. The van der Waals surface area contributed by atoms with Gasteiger partial charge in [-0.1, -0.05) is 71.9 Å². The minimum absolute atomic E-state index is 0.0154. The zero-order valence-corrected chi connectivity index (χ0v) is 18.5. The van der Waals surface area contributed by atoms with E-state index in [-0.39, 0.29) is 18.6 Å². The average molecular weight is 434 g/mol. The van der Waals surface area contributed by atoms with Crippen LogP contribution in [0.3, 0.4) is 0 Å². The minimum Gasteiger partial charge on any atom is -0.385 e. The molecular weight excluding hydrogens is 406 g/mol. The molecule has 6 heteroatoms. The molecule has 0 unspecified atom stereocenters. The first-order valence-corrected chi connectivity index (χ1v) is 11.4. The lowest BCUT2D eigenvalue weighted by Gasteiger charge is -2.39. The SMILES string of the molecule is C/C(=N\OCC(=O)N1CCN(C(c2ccccc2)c2ccccc2)CC1)c1cccs1. The predicted molar refractivity (Wildman–Crippen MR) is 125 cm³/mol. The Hall–Kier alpha value is -2.96. The monoisotopic (exact) mass is 433 g/mol. The van der Waals surface area contributed by atoms with Crippen LogP contribution in [-0.2, 0) is 9.63 Å². The number of hydrogen-bond donors (Lipinski definition) is 0. The van der Waals surface area contributed by atoms with E-state index in [0.29, 0.717) is 13.1 Å². The molecular formula is C25H27N3O2S. The Bertz CT molecular complexity index is 943. The van der Waals surface area contributed by atoms with Gasteiger partial charge >= 0.3 is 0 Å². The number of thiophene rings is 1. The summed E-state index contributed by atoms with van der Waals surface area (Å²) in [5.74, 6) is -0.0154. The van der Waals surface area contributed by atoms with Gasteiger partial charge in [-0.15, -0.1) is 11.3 Å². The van der Waals surface area contributed by atoms with E-state index < -0.39 is 0 Å². The first-order chi connectivity index (χ1) is 15.2. The highest BCUT2D eigenvalue weighted by Gasteiger charge is 2.28. The zero-order valence-electron chi connectivity index (χ0n) is 17.7. The van der Waals surface area contributed by atoms with Gasteiger partial charge in [0.25, 0.3) is 5.91 Å². The quantitative estimate of drug-likeness (QED) is 0.409. The van der Waals surface area contributed by atoms with E-state index in [4.69, 9.17) is 4.84 Å². The third-order valence-electron chi connectivity index (χ3n) is 5.53. The van der Waals surface area contributed by atoms with Crippen LogP contribution in [0.1, 0.15) is 29.0 Å². The predicted octanol–water partition coefficient (Wildman–Crippen LogP) is 4.42. The molecule has 0 atom stereocenters. The van der Waals surface area contributed by atoms with Crippen molar-refractivity contribution in [3.63, 3.8) is 0 Å². The topological polar surface area (TPSA) is 45.1 Å². The van der Waals surface area contributed by atoms with Crippen LogP contribution in [0.25, 0.3) is 0 Å². The van der Waals surface area contributed by atoms with Crippen molar-refractivity contribution < 1.29 is 9.63 Å². The molecule has 0 saturated carbocycles. The summed E-state index contributed by atoms with van der Waals surface area (Å²) < 4.78 is 0. The standard InChI is InChI=1S/C25H27N3O2S/c1-20(23-13-8-18-31-23)26-30-19-24(29)27-14-16-28(17-15-27)25(21-9-4-2-5-10-21)22-11-6-3-7-12-22/h2-13,18,25H,14-17,19H2,1H3/b26-20+. The molecule has 3 aromatic rings. The van der Waals surface area contributed by atoms with Crippen LogP contribution >= 0.6 is 11.3 Å². The number of benzene rings is 2. The highest BCUT2D eigenvalue weighted by atomic mass is 32.1. The molecule has 160 valence electrons. The van der Waals surface area contributed by atoms with Gasteiger partial charge in [0.15, 0.2) is 6.61 Å². The van der Waals surface area contributed by atoms with Crippen LogP contribution in [0.2, 0.25) is 0 Å². The number of hydrogen-bond acceptors (Lipinski definition) is 5. The summed E-state index contributed by atoms with van der Waals surface area (Å²) in [5, 5.41) is 6.09. The molecule has 0 aliphatic carbocycles. The number of piperazine rings is 1. The third kappa shape index (κ3) is 5.40. The lowest BCUT2D eigenvalue weighted by atomic mass is 9.96. The molecule has 0 N–H and O–H groups in total. The van der Waals surface area contributed by atoms with Gasteiger partial charge in [0, 0.05) is 26.2 Å². The maximum atomic E-state index is 12.6. The smallest absolute Gasteiger partial charge is 0.263 e. The fraction of sp³-hybridized carbons (Fsp3) is 0.280. The Morgan fingerprint density at radius 2 is 1.55 bits per heavy atom. The highest BCUT2D eigenvalue weighted by molar-refractivity contribution is 7.12. The molecule has 2 heterocycles. The second kappa shape index (κ2) is 10.4. The molecule has 2 aromatic carbocycles. The Labute approximate surface area is 187 Å². The fourth-order valence-corrected chi connectivity index (χ4v) is 4.59. The Morgan fingerprint density at radius 1 is 0.935 bits per heavy atom. The zero-order chi connectivity index (χ0) is 21.5. The van der Waals surface area contributed by atoms with Gasteiger partial charge in [0.2, 0.25) is 0 Å². The van der Waals surface area contributed by atoms with Crippen molar-refractivity contribution in [2.45, 2.75) is 13.0 Å². The van der Waals surface area contributed by atoms with Crippen LogP contribution in [0.15, 0.2) is 83.3 Å². The first-order valence-electron chi connectivity index (χ1n) is 10.5. The van der Waals surface area contributed by atoms with Gasteiger partial charge in [-0.05, 0) is 29.5 Å². The van der Waals surface area contributed by atoms with Crippen molar-refractivity contribution in [1.82, 2.24) is 9.80 Å². The maximum Gasteiger partial charge on any atom is 0.263 e. The van der Waals surface area contributed by atoms with Crippen LogP contribution in [0.4, 0.5) is 0 Å². The van der Waals surface area contributed by atoms with Gasteiger partial charge in [0.1, 0.15) is 0 Å². The molecule has 0 bridgehead atoms. The summed E-state index contributed by atoms with van der Waals surface area (Å²) in [5.41, 5.74) is 3.34. The van der Waals surface area contributed by atoms with Crippen LogP contribution in [0.5, 0.6) is 0 Å². The van der Waals surface area contributed by atoms with Crippen LogP contribution < -0.4 is 0 Å². The van der Waals surface area contributed by atoms with E-state index in [2.05, 4.69) is 58.6 Å².